The first-order chi connectivity index (χ1) is 10.8. The molecule has 0 N–H and O–H groups in total. The fourth-order valence-electron chi connectivity index (χ4n) is 3.00. The SMILES string of the molecule is CN(c1nnnn1Cc1ccon1)C1Cc2ccccc2C1. The maximum Gasteiger partial charge on any atom is 0.245 e. The average molecular weight is 296 g/mol. The van der Waals surface area contributed by atoms with Crippen LogP contribution in [0.25, 0.3) is 0 Å². The van der Waals surface area contributed by atoms with Crippen LogP contribution in [0.4, 0.5) is 5.95 Å². The number of likely N-dealkylation sites (N-methyl/N-ethyl adjacent to an activating group) is 1. The zero-order valence-electron chi connectivity index (χ0n) is 12.3. The summed E-state index contributed by atoms with van der Waals surface area (Å²) in [6.45, 7) is 0.503. The molecule has 4 rings (SSSR count). The predicted molar refractivity (Wildman–Crippen MR) is 79.5 cm³/mol. The molecule has 7 nitrogen and oxygen atoms in total. The van der Waals surface area contributed by atoms with Crippen LogP contribution in [0.3, 0.4) is 0 Å². The van der Waals surface area contributed by atoms with Gasteiger partial charge >= 0.3 is 0 Å². The van der Waals surface area contributed by atoms with Crippen molar-refractivity contribution in [1.82, 2.24) is 25.4 Å². The second-order valence-electron chi connectivity index (χ2n) is 5.57. The molecule has 0 bridgehead atoms. The van der Waals surface area contributed by atoms with Crippen molar-refractivity contribution in [3.8, 4) is 0 Å². The summed E-state index contributed by atoms with van der Waals surface area (Å²) in [4.78, 5) is 2.15. The highest BCUT2D eigenvalue weighted by Crippen LogP contribution is 2.26. The molecular formula is C15H16N6O. The van der Waals surface area contributed by atoms with Gasteiger partial charge < -0.3 is 9.42 Å². The van der Waals surface area contributed by atoms with E-state index in [1.165, 1.54) is 11.1 Å². The smallest absolute Gasteiger partial charge is 0.245 e. The van der Waals surface area contributed by atoms with E-state index in [4.69, 9.17) is 4.52 Å². The second kappa shape index (κ2) is 5.25. The Balaban J connectivity index is 1.55. The first-order valence-electron chi connectivity index (χ1n) is 7.26. The third kappa shape index (κ3) is 2.24. The Bertz CT molecular complexity index is 741. The van der Waals surface area contributed by atoms with Gasteiger partial charge in [0, 0.05) is 19.2 Å². The van der Waals surface area contributed by atoms with E-state index in [9.17, 15) is 0 Å². The number of hydrogen-bond donors (Lipinski definition) is 0. The summed E-state index contributed by atoms with van der Waals surface area (Å²) in [5, 5.41) is 16.0. The number of nitrogens with zero attached hydrogens (tertiary/aromatic N) is 6. The highest BCUT2D eigenvalue weighted by Gasteiger charge is 2.27. The van der Waals surface area contributed by atoms with E-state index < -0.39 is 0 Å². The third-order valence-corrected chi connectivity index (χ3v) is 4.21. The van der Waals surface area contributed by atoms with Crippen molar-refractivity contribution >= 4 is 5.95 Å². The molecule has 0 saturated heterocycles. The Hall–Kier alpha value is -2.70. The maximum atomic E-state index is 4.86. The van der Waals surface area contributed by atoms with Gasteiger partial charge in [-0.15, -0.1) is 0 Å². The lowest BCUT2D eigenvalue weighted by molar-refractivity contribution is 0.407. The second-order valence-corrected chi connectivity index (χ2v) is 5.57. The van der Waals surface area contributed by atoms with E-state index in [-0.39, 0.29) is 0 Å². The summed E-state index contributed by atoms with van der Waals surface area (Å²) in [5.74, 6) is 0.751. The maximum absolute atomic E-state index is 4.86. The van der Waals surface area contributed by atoms with Crippen molar-refractivity contribution in [2.75, 3.05) is 11.9 Å². The summed E-state index contributed by atoms with van der Waals surface area (Å²) in [5.41, 5.74) is 3.63. The molecule has 22 heavy (non-hydrogen) atoms. The summed E-state index contributed by atoms with van der Waals surface area (Å²) in [6, 6.07) is 10.8. The molecule has 2 aromatic heterocycles. The first-order valence-corrected chi connectivity index (χ1v) is 7.26. The quantitative estimate of drug-likeness (QED) is 0.723. The standard InChI is InChI=1S/C15H16N6O/c1-20(14-8-11-4-2-3-5-12(11)9-14)15-16-18-19-21(15)10-13-6-7-22-17-13/h2-7,14H,8-10H2,1H3. The Morgan fingerprint density at radius 2 is 2.00 bits per heavy atom. The molecule has 2 heterocycles. The van der Waals surface area contributed by atoms with Crippen LogP contribution in [-0.4, -0.2) is 38.5 Å². The Labute approximate surface area is 127 Å². The van der Waals surface area contributed by atoms with E-state index in [1.54, 1.807) is 10.9 Å². The van der Waals surface area contributed by atoms with Crippen LogP contribution in [0, 0.1) is 0 Å². The predicted octanol–water partition coefficient (Wildman–Crippen LogP) is 1.31. The van der Waals surface area contributed by atoms with Gasteiger partial charge in [0.15, 0.2) is 0 Å². The molecule has 0 radical (unpaired) electrons. The minimum absolute atomic E-state index is 0.374. The number of tetrazole rings is 1. The van der Waals surface area contributed by atoms with Gasteiger partial charge in [0.25, 0.3) is 0 Å². The number of fused-ring (bicyclic) bond motifs is 1. The zero-order valence-corrected chi connectivity index (χ0v) is 12.3. The Kier molecular flexibility index (Phi) is 3.10. The molecule has 0 fully saturated rings. The molecule has 0 atom stereocenters. The molecule has 1 aliphatic carbocycles. The number of benzene rings is 1. The molecule has 112 valence electrons. The minimum Gasteiger partial charge on any atom is -0.364 e. The summed E-state index contributed by atoms with van der Waals surface area (Å²) < 4.78 is 6.61. The van der Waals surface area contributed by atoms with Crippen LogP contribution in [0.2, 0.25) is 0 Å². The van der Waals surface area contributed by atoms with Crippen molar-refractivity contribution < 1.29 is 4.52 Å². The van der Waals surface area contributed by atoms with Crippen LogP contribution >= 0.6 is 0 Å². The van der Waals surface area contributed by atoms with E-state index in [2.05, 4.69) is 49.8 Å². The van der Waals surface area contributed by atoms with Gasteiger partial charge in [-0.3, -0.25) is 0 Å². The lowest BCUT2D eigenvalue weighted by Gasteiger charge is -2.24. The van der Waals surface area contributed by atoms with Crippen LogP contribution in [0.15, 0.2) is 41.1 Å². The minimum atomic E-state index is 0.374. The summed E-state index contributed by atoms with van der Waals surface area (Å²) in [7, 11) is 2.04. The molecule has 1 aromatic carbocycles. The first kappa shape index (κ1) is 13.0. The summed E-state index contributed by atoms with van der Waals surface area (Å²) in [6.07, 6.45) is 3.59. The fourth-order valence-corrected chi connectivity index (χ4v) is 3.00. The van der Waals surface area contributed by atoms with E-state index in [0.29, 0.717) is 12.6 Å². The Morgan fingerprint density at radius 3 is 2.68 bits per heavy atom. The molecule has 1 aliphatic rings. The largest absolute Gasteiger partial charge is 0.364 e. The van der Waals surface area contributed by atoms with Gasteiger partial charge in [-0.05, 0) is 34.4 Å². The van der Waals surface area contributed by atoms with Crippen LogP contribution in [0.5, 0.6) is 0 Å². The van der Waals surface area contributed by atoms with Crippen molar-refractivity contribution in [3.05, 3.63) is 53.4 Å². The van der Waals surface area contributed by atoms with Crippen LogP contribution in [-0.2, 0) is 19.4 Å². The summed E-state index contributed by atoms with van der Waals surface area (Å²) >= 11 is 0. The lowest BCUT2D eigenvalue weighted by atomic mass is 10.1. The van der Waals surface area contributed by atoms with Crippen molar-refractivity contribution in [1.29, 1.82) is 0 Å². The highest BCUT2D eigenvalue weighted by atomic mass is 16.5. The normalized spacial score (nSPS) is 14.2. The number of hydrogen-bond acceptors (Lipinski definition) is 6. The van der Waals surface area contributed by atoms with Gasteiger partial charge in [0.2, 0.25) is 5.95 Å². The van der Waals surface area contributed by atoms with Gasteiger partial charge in [0.05, 0.1) is 6.54 Å². The molecule has 0 unspecified atom stereocenters. The van der Waals surface area contributed by atoms with Crippen molar-refractivity contribution in [2.45, 2.75) is 25.4 Å². The lowest BCUT2D eigenvalue weighted by Crippen LogP contribution is -2.34. The molecule has 0 aliphatic heterocycles. The van der Waals surface area contributed by atoms with Gasteiger partial charge in [-0.1, -0.05) is 34.5 Å². The van der Waals surface area contributed by atoms with E-state index >= 15 is 0 Å². The Morgan fingerprint density at radius 1 is 1.23 bits per heavy atom. The highest BCUT2D eigenvalue weighted by molar-refractivity contribution is 5.39. The van der Waals surface area contributed by atoms with Gasteiger partial charge in [0.1, 0.15) is 12.0 Å². The number of aromatic nitrogens is 5. The molecule has 0 amide bonds. The molecule has 0 saturated carbocycles. The monoisotopic (exact) mass is 296 g/mol. The van der Waals surface area contributed by atoms with Crippen LogP contribution in [0.1, 0.15) is 16.8 Å². The number of rotatable bonds is 4. The zero-order chi connectivity index (χ0) is 14.9. The molecule has 0 spiro atoms. The fraction of sp³-hybridized carbons (Fsp3) is 0.333. The number of anilines is 1. The van der Waals surface area contributed by atoms with E-state index in [0.717, 1.165) is 24.5 Å². The van der Waals surface area contributed by atoms with Gasteiger partial charge in [-0.25, -0.2) is 4.68 Å². The third-order valence-electron chi connectivity index (χ3n) is 4.21. The van der Waals surface area contributed by atoms with Crippen LogP contribution < -0.4 is 4.90 Å². The van der Waals surface area contributed by atoms with Crippen molar-refractivity contribution in [2.24, 2.45) is 0 Å². The molecule has 3 aromatic rings. The topological polar surface area (TPSA) is 72.9 Å². The van der Waals surface area contributed by atoms with Crippen molar-refractivity contribution in [3.63, 3.8) is 0 Å². The van der Waals surface area contributed by atoms with Gasteiger partial charge in [-0.2, -0.15) is 0 Å². The molecular weight excluding hydrogens is 280 g/mol. The average Bonchev–Trinajstić information content (AvgIpc) is 3.27. The molecule has 7 heteroatoms. The van der Waals surface area contributed by atoms with E-state index in [1.807, 2.05) is 13.1 Å².